The second kappa shape index (κ2) is 13.0. The van der Waals surface area contributed by atoms with Crippen molar-refractivity contribution in [3.05, 3.63) is 180 Å². The number of fused-ring (bicyclic) bond motifs is 4. The van der Waals surface area contributed by atoms with Crippen LogP contribution in [0.15, 0.2) is 168 Å². The van der Waals surface area contributed by atoms with Crippen LogP contribution in [0.4, 0.5) is 0 Å². The number of thiophene rings is 1. The lowest BCUT2D eigenvalue weighted by Crippen LogP contribution is -2.03. The van der Waals surface area contributed by atoms with Gasteiger partial charge < -0.3 is 4.42 Å². The van der Waals surface area contributed by atoms with E-state index in [0.29, 0.717) is 51.2 Å². The first-order chi connectivity index (χ1) is 25.6. The summed E-state index contributed by atoms with van der Waals surface area (Å²) in [4.78, 5) is 21.1. The molecule has 52 heavy (non-hydrogen) atoms. The summed E-state index contributed by atoms with van der Waals surface area (Å²) in [5, 5.41) is 12.8. The van der Waals surface area contributed by atoms with Gasteiger partial charge in [0.15, 0.2) is 17.5 Å². The maximum absolute atomic E-state index is 9.87. The third-order valence-electron chi connectivity index (χ3n) is 8.98. The van der Waals surface area contributed by atoms with E-state index in [1.807, 2.05) is 121 Å². The van der Waals surface area contributed by atoms with Gasteiger partial charge in [0.1, 0.15) is 11.2 Å². The molecule has 0 aliphatic carbocycles. The number of hydrogen-bond acceptors (Lipinski definition) is 7. The molecule has 3 heterocycles. The fourth-order valence-electron chi connectivity index (χ4n) is 6.52. The quantitative estimate of drug-likeness (QED) is 0.156. The topological polar surface area (TPSA) is 88.0 Å². The van der Waals surface area contributed by atoms with Gasteiger partial charge in [-0.2, -0.15) is 5.26 Å². The van der Waals surface area contributed by atoms with E-state index >= 15 is 0 Å². The predicted molar refractivity (Wildman–Crippen MR) is 211 cm³/mol. The molecule has 0 aliphatic heterocycles. The first kappa shape index (κ1) is 31.0. The predicted octanol–water partition coefficient (Wildman–Crippen LogP) is 11.4. The largest absolute Gasteiger partial charge is 0.455 e. The Balaban J connectivity index is 1.27. The molecule has 9 rings (SSSR count). The maximum atomic E-state index is 9.87. The lowest BCUT2D eigenvalue weighted by molar-refractivity contribution is 0.668. The Bertz CT molecular complexity index is 2790. The molecule has 0 amide bonds. The Labute approximate surface area is 303 Å². The standard InChI is InChI=1S/C45H27N5OS/c1-28(33-20-10-8-19-32(33)27-46)47-41(39-26-31-18-9-11-25-38(31)52-39)36-23-12-21-34-40-35(22-13-24-37(40)51-42(34)36)45-49-43(29-14-4-2-5-15-29)48-44(50-45)30-16-6-3-7-17-30/h2-26H,1H2. The van der Waals surface area contributed by atoms with Gasteiger partial charge in [-0.05, 0) is 35.7 Å². The highest BCUT2D eigenvalue weighted by Crippen LogP contribution is 2.39. The highest BCUT2D eigenvalue weighted by atomic mass is 32.1. The fourth-order valence-corrected chi connectivity index (χ4v) is 7.59. The number of para-hydroxylation sites is 1. The molecule has 0 N–H and O–H groups in total. The minimum absolute atomic E-state index is 0.491. The van der Waals surface area contributed by atoms with E-state index < -0.39 is 0 Å². The third-order valence-corrected chi connectivity index (χ3v) is 10.1. The molecule has 0 saturated carbocycles. The Morgan fingerprint density at radius 3 is 2.02 bits per heavy atom. The molecular formula is C45H27N5OS. The summed E-state index contributed by atoms with van der Waals surface area (Å²) in [6.07, 6.45) is 0. The van der Waals surface area contributed by atoms with Gasteiger partial charge in [0.25, 0.3) is 0 Å². The van der Waals surface area contributed by atoms with Gasteiger partial charge in [-0.3, -0.25) is 0 Å². The van der Waals surface area contributed by atoms with Crippen molar-refractivity contribution in [1.29, 1.82) is 5.26 Å². The van der Waals surface area contributed by atoms with Crippen molar-refractivity contribution in [2.24, 2.45) is 4.99 Å². The van der Waals surface area contributed by atoms with Gasteiger partial charge >= 0.3 is 0 Å². The van der Waals surface area contributed by atoms with Crippen LogP contribution in [0, 0.1) is 11.3 Å². The van der Waals surface area contributed by atoms with Crippen LogP contribution in [-0.4, -0.2) is 20.7 Å². The Hall–Kier alpha value is -7.01. The van der Waals surface area contributed by atoms with Crippen molar-refractivity contribution in [1.82, 2.24) is 15.0 Å². The summed E-state index contributed by atoms with van der Waals surface area (Å²) < 4.78 is 7.90. The number of nitriles is 1. The average molecular weight is 686 g/mol. The summed E-state index contributed by atoms with van der Waals surface area (Å²) in [6.45, 7) is 4.33. The Morgan fingerprint density at radius 1 is 0.654 bits per heavy atom. The molecule has 0 atom stereocenters. The van der Waals surface area contributed by atoms with Crippen molar-refractivity contribution in [3.63, 3.8) is 0 Å². The van der Waals surface area contributed by atoms with Crippen LogP contribution in [-0.2, 0) is 0 Å². The summed E-state index contributed by atoms with van der Waals surface area (Å²) in [6, 6.07) is 52.1. The number of furan rings is 1. The zero-order chi connectivity index (χ0) is 35.0. The summed E-state index contributed by atoms with van der Waals surface area (Å²) in [5.74, 6) is 1.72. The Morgan fingerprint density at radius 2 is 1.29 bits per heavy atom. The summed E-state index contributed by atoms with van der Waals surface area (Å²) >= 11 is 1.66. The molecule has 0 unspecified atom stereocenters. The molecule has 0 radical (unpaired) electrons. The van der Waals surface area contributed by atoms with Crippen molar-refractivity contribution in [2.45, 2.75) is 0 Å². The number of benzene rings is 6. The van der Waals surface area contributed by atoms with E-state index in [2.05, 4.69) is 36.9 Å². The maximum Gasteiger partial charge on any atom is 0.164 e. The molecule has 0 saturated heterocycles. The van der Waals surface area contributed by atoms with Crippen molar-refractivity contribution in [3.8, 4) is 40.2 Å². The molecular weight excluding hydrogens is 659 g/mol. The summed E-state index contributed by atoms with van der Waals surface area (Å²) in [7, 11) is 0. The van der Waals surface area contributed by atoms with Gasteiger partial charge in [-0.15, -0.1) is 11.3 Å². The first-order valence-corrected chi connectivity index (χ1v) is 17.5. The van der Waals surface area contributed by atoms with Crippen LogP contribution in [0.2, 0.25) is 0 Å². The first-order valence-electron chi connectivity index (χ1n) is 16.7. The van der Waals surface area contributed by atoms with E-state index in [0.717, 1.165) is 48.0 Å². The van der Waals surface area contributed by atoms with Crippen LogP contribution in [0.25, 0.3) is 71.9 Å². The van der Waals surface area contributed by atoms with E-state index in [-0.39, 0.29) is 0 Å². The second-order valence-electron chi connectivity index (χ2n) is 12.2. The van der Waals surface area contributed by atoms with Gasteiger partial charge in [0, 0.05) is 43.3 Å². The van der Waals surface area contributed by atoms with Crippen LogP contribution in [0.3, 0.4) is 0 Å². The molecule has 244 valence electrons. The molecule has 6 nitrogen and oxygen atoms in total. The van der Waals surface area contributed by atoms with E-state index in [1.165, 1.54) is 0 Å². The van der Waals surface area contributed by atoms with Gasteiger partial charge in [0.05, 0.1) is 27.9 Å². The smallest absolute Gasteiger partial charge is 0.164 e. The highest BCUT2D eigenvalue weighted by Gasteiger charge is 2.22. The number of aliphatic imine (C=N–C) groups is 1. The van der Waals surface area contributed by atoms with Gasteiger partial charge in [-0.1, -0.05) is 128 Å². The SMILES string of the molecule is C=C(N=C(c1cc2ccccc2s1)c1cccc2c1oc1cccc(-c3nc(-c4ccccc4)nc(-c4ccccc4)n3)c12)c1ccccc1C#N. The number of aromatic nitrogens is 3. The fraction of sp³-hybridized carbons (Fsp3) is 0. The Kier molecular flexibility index (Phi) is 7.77. The van der Waals surface area contributed by atoms with Crippen LogP contribution in [0.1, 0.15) is 21.6 Å². The van der Waals surface area contributed by atoms with Crippen LogP contribution in [0.5, 0.6) is 0 Å². The van der Waals surface area contributed by atoms with E-state index in [1.54, 1.807) is 17.4 Å². The average Bonchev–Trinajstić information content (AvgIpc) is 3.82. The molecule has 0 bridgehead atoms. The summed E-state index contributed by atoms with van der Waals surface area (Å²) in [5.41, 5.74) is 7.23. The van der Waals surface area contributed by atoms with E-state index in [9.17, 15) is 5.26 Å². The molecule has 9 aromatic rings. The second-order valence-corrected chi connectivity index (χ2v) is 13.3. The lowest BCUT2D eigenvalue weighted by atomic mass is 10.0. The minimum Gasteiger partial charge on any atom is -0.455 e. The minimum atomic E-state index is 0.491. The molecule has 7 heteroatoms. The van der Waals surface area contributed by atoms with Crippen LogP contribution >= 0.6 is 11.3 Å². The van der Waals surface area contributed by atoms with Crippen molar-refractivity contribution in [2.75, 3.05) is 0 Å². The van der Waals surface area contributed by atoms with Gasteiger partial charge in [-0.25, -0.2) is 19.9 Å². The zero-order valence-electron chi connectivity index (χ0n) is 27.7. The molecule has 6 aromatic carbocycles. The molecule has 0 aliphatic rings. The van der Waals surface area contributed by atoms with Crippen molar-refractivity contribution < 1.29 is 4.42 Å². The molecule has 0 spiro atoms. The normalized spacial score (nSPS) is 11.6. The molecule has 0 fully saturated rings. The lowest BCUT2D eigenvalue weighted by Gasteiger charge is -2.10. The van der Waals surface area contributed by atoms with Gasteiger partial charge in [0.2, 0.25) is 0 Å². The number of rotatable bonds is 7. The monoisotopic (exact) mass is 685 g/mol. The molecule has 3 aromatic heterocycles. The number of hydrogen-bond donors (Lipinski definition) is 0. The van der Waals surface area contributed by atoms with Crippen molar-refractivity contribution >= 4 is 54.8 Å². The van der Waals surface area contributed by atoms with Crippen LogP contribution < -0.4 is 0 Å². The third kappa shape index (κ3) is 5.54. The zero-order valence-corrected chi connectivity index (χ0v) is 28.5. The highest BCUT2D eigenvalue weighted by molar-refractivity contribution is 7.21. The van der Waals surface area contributed by atoms with E-state index in [4.69, 9.17) is 24.4 Å². The number of nitrogens with zero attached hydrogens (tertiary/aromatic N) is 5.